The molecule has 1 aromatic heterocycles. The van der Waals surface area contributed by atoms with Gasteiger partial charge in [-0.25, -0.2) is 13.6 Å². The third kappa shape index (κ3) is 4.49. The summed E-state index contributed by atoms with van der Waals surface area (Å²) in [6.45, 7) is 0. The number of benzene rings is 2. The van der Waals surface area contributed by atoms with Crippen LogP contribution in [0.15, 0.2) is 30.5 Å². The zero-order valence-corrected chi connectivity index (χ0v) is 18.7. The number of anilines is 2. The molecule has 1 fully saturated rings. The van der Waals surface area contributed by atoms with Crippen molar-refractivity contribution >= 4 is 34.2 Å². The molecule has 3 aromatic rings. The van der Waals surface area contributed by atoms with Crippen LogP contribution in [0.2, 0.25) is 0 Å². The first-order chi connectivity index (χ1) is 16.2. The van der Waals surface area contributed by atoms with Crippen LogP contribution < -0.4 is 30.7 Å². The first-order valence-corrected chi connectivity index (χ1v) is 10.4. The van der Waals surface area contributed by atoms with Gasteiger partial charge in [0, 0.05) is 43.9 Å². The van der Waals surface area contributed by atoms with Crippen molar-refractivity contribution in [2.24, 2.45) is 5.73 Å². The van der Waals surface area contributed by atoms with Crippen LogP contribution in [0.5, 0.6) is 17.2 Å². The van der Waals surface area contributed by atoms with Crippen LogP contribution in [0.4, 0.5) is 25.0 Å². The van der Waals surface area contributed by atoms with Gasteiger partial charge in [0.05, 0.1) is 23.9 Å². The second kappa shape index (κ2) is 9.00. The summed E-state index contributed by atoms with van der Waals surface area (Å²) in [6, 6.07) is 4.78. The molecular weight excluding hydrogens is 448 g/mol. The molecule has 11 heteroatoms. The summed E-state index contributed by atoms with van der Waals surface area (Å²) < 4.78 is 41.3. The van der Waals surface area contributed by atoms with Gasteiger partial charge in [-0.15, -0.1) is 0 Å². The van der Waals surface area contributed by atoms with Gasteiger partial charge >= 0.3 is 6.03 Å². The molecule has 0 radical (unpaired) electrons. The van der Waals surface area contributed by atoms with Crippen molar-refractivity contribution in [3.8, 4) is 17.2 Å². The highest BCUT2D eigenvalue weighted by Crippen LogP contribution is 2.40. The third-order valence-corrected chi connectivity index (χ3v) is 5.26. The molecule has 0 aliphatic heterocycles. The lowest BCUT2D eigenvalue weighted by atomic mass is 10.1. The molecular formula is C23H23F2N5O4. The van der Waals surface area contributed by atoms with E-state index in [2.05, 4.69) is 15.6 Å². The fourth-order valence-corrected chi connectivity index (χ4v) is 3.50. The number of nitrogens with one attached hydrogen (secondary N) is 2. The molecule has 4 rings (SSSR count). The van der Waals surface area contributed by atoms with Crippen LogP contribution in [0.3, 0.4) is 0 Å². The van der Waals surface area contributed by atoms with Crippen molar-refractivity contribution in [2.75, 3.05) is 31.4 Å². The largest absolute Gasteiger partial charge is 0.496 e. The lowest BCUT2D eigenvalue weighted by molar-refractivity contribution is 0.0997. The number of aromatic nitrogens is 1. The number of halogens is 2. The van der Waals surface area contributed by atoms with Crippen molar-refractivity contribution in [3.63, 3.8) is 0 Å². The first kappa shape index (κ1) is 23.0. The quantitative estimate of drug-likeness (QED) is 0.483. The van der Waals surface area contributed by atoms with E-state index in [1.54, 1.807) is 14.1 Å². The number of rotatable bonds is 7. The minimum atomic E-state index is -1.03. The van der Waals surface area contributed by atoms with E-state index in [1.165, 1.54) is 36.4 Å². The maximum atomic E-state index is 15.5. The molecule has 4 N–H and O–H groups in total. The number of primary amides is 1. The Morgan fingerprint density at radius 2 is 1.91 bits per heavy atom. The van der Waals surface area contributed by atoms with E-state index in [0.29, 0.717) is 10.9 Å². The van der Waals surface area contributed by atoms with Crippen molar-refractivity contribution in [2.45, 2.75) is 18.9 Å². The van der Waals surface area contributed by atoms with Crippen LogP contribution in [0.25, 0.3) is 10.9 Å². The van der Waals surface area contributed by atoms with Crippen LogP contribution >= 0.6 is 0 Å². The van der Waals surface area contributed by atoms with E-state index in [4.69, 9.17) is 15.2 Å². The normalized spacial score (nSPS) is 12.9. The molecule has 0 atom stereocenters. The fourth-order valence-electron chi connectivity index (χ4n) is 3.50. The molecule has 1 heterocycles. The second-order valence-corrected chi connectivity index (χ2v) is 8.01. The summed E-state index contributed by atoms with van der Waals surface area (Å²) in [4.78, 5) is 29.6. The van der Waals surface area contributed by atoms with Gasteiger partial charge in [-0.3, -0.25) is 9.78 Å². The minimum absolute atomic E-state index is 0.0462. The van der Waals surface area contributed by atoms with Gasteiger partial charge in [-0.2, -0.15) is 0 Å². The number of hydrogen-bond donors (Lipinski definition) is 3. The summed E-state index contributed by atoms with van der Waals surface area (Å²) in [5, 5.41) is 5.50. The predicted octanol–water partition coefficient (Wildman–Crippen LogP) is 3.76. The summed E-state index contributed by atoms with van der Waals surface area (Å²) in [5.74, 6) is -3.22. The topological polar surface area (TPSA) is 119 Å². The van der Waals surface area contributed by atoms with E-state index in [-0.39, 0.29) is 34.5 Å². The molecule has 178 valence electrons. The number of carbonyl (C=O) groups excluding carboxylic acids is 2. The van der Waals surface area contributed by atoms with Crippen molar-refractivity contribution in [1.29, 1.82) is 0 Å². The van der Waals surface area contributed by atoms with Gasteiger partial charge in [-0.05, 0) is 25.0 Å². The Morgan fingerprint density at radius 1 is 1.18 bits per heavy atom. The number of amides is 3. The van der Waals surface area contributed by atoms with Crippen LogP contribution in [-0.4, -0.2) is 44.2 Å². The van der Waals surface area contributed by atoms with E-state index in [0.717, 1.165) is 18.9 Å². The Balaban J connectivity index is 1.76. The molecule has 9 nitrogen and oxygen atoms in total. The summed E-state index contributed by atoms with van der Waals surface area (Å²) in [6.07, 6.45) is 3.13. The molecule has 0 saturated heterocycles. The number of nitrogens with zero attached hydrogens (tertiary/aromatic N) is 2. The Hall–Kier alpha value is -4.15. The highest BCUT2D eigenvalue weighted by Gasteiger charge is 2.27. The van der Waals surface area contributed by atoms with Crippen molar-refractivity contribution in [1.82, 2.24) is 10.3 Å². The average Bonchev–Trinajstić information content (AvgIpc) is 3.59. The number of nitrogens with two attached hydrogens (primary N) is 1. The number of urea groups is 1. The Bertz CT molecular complexity index is 1290. The van der Waals surface area contributed by atoms with Gasteiger partial charge < -0.3 is 30.7 Å². The summed E-state index contributed by atoms with van der Waals surface area (Å²) in [5.41, 5.74) is 5.73. The molecule has 1 aliphatic carbocycles. The number of pyridine rings is 1. The lowest BCUT2D eigenvalue weighted by Gasteiger charge is -2.21. The number of hydrogen-bond acceptors (Lipinski definition) is 6. The lowest BCUT2D eigenvalue weighted by Crippen LogP contribution is -2.31. The van der Waals surface area contributed by atoms with Crippen LogP contribution in [-0.2, 0) is 0 Å². The molecule has 1 saturated carbocycles. The number of fused-ring (bicyclic) bond motifs is 1. The van der Waals surface area contributed by atoms with E-state index < -0.39 is 29.3 Å². The van der Waals surface area contributed by atoms with Crippen LogP contribution in [0.1, 0.15) is 23.2 Å². The van der Waals surface area contributed by atoms with E-state index in [1.807, 2.05) is 0 Å². The zero-order chi connectivity index (χ0) is 24.6. The van der Waals surface area contributed by atoms with E-state index >= 15 is 8.78 Å². The van der Waals surface area contributed by atoms with Crippen molar-refractivity contribution in [3.05, 3.63) is 47.7 Å². The predicted molar refractivity (Wildman–Crippen MR) is 123 cm³/mol. The monoisotopic (exact) mass is 471 g/mol. The van der Waals surface area contributed by atoms with Gasteiger partial charge in [0.1, 0.15) is 17.2 Å². The smallest absolute Gasteiger partial charge is 0.319 e. The maximum Gasteiger partial charge on any atom is 0.319 e. The standard InChI is InChI=1S/C23H23F2N5O4/c1-30(2)20-16(29-23(32)28-11-4-5-11)9-14(24)21(19(20)25)34-17-6-7-27-15-10-18(33-3)13(22(26)31)8-12(15)17/h6-11H,4-5H2,1-3H3,(H2,26,31)(H2,28,29,32). The molecule has 34 heavy (non-hydrogen) atoms. The Morgan fingerprint density at radius 3 is 2.53 bits per heavy atom. The van der Waals surface area contributed by atoms with E-state index in [9.17, 15) is 9.59 Å². The molecule has 3 amide bonds. The summed E-state index contributed by atoms with van der Waals surface area (Å²) >= 11 is 0. The third-order valence-electron chi connectivity index (χ3n) is 5.26. The van der Waals surface area contributed by atoms with Crippen molar-refractivity contribution < 1.29 is 27.8 Å². The SMILES string of the molecule is COc1cc2nccc(Oc3c(F)cc(NC(=O)NC4CC4)c(N(C)C)c3F)c2cc1C(N)=O. The minimum Gasteiger partial charge on any atom is -0.496 e. The molecule has 0 spiro atoms. The second-order valence-electron chi connectivity index (χ2n) is 8.01. The molecule has 0 unspecified atom stereocenters. The Labute approximate surface area is 193 Å². The fraction of sp³-hybridized carbons (Fsp3) is 0.261. The van der Waals surface area contributed by atoms with Crippen LogP contribution in [0, 0.1) is 11.6 Å². The highest BCUT2D eigenvalue weighted by atomic mass is 19.1. The number of ether oxygens (including phenoxy) is 2. The van der Waals surface area contributed by atoms with Gasteiger partial charge in [0.25, 0.3) is 5.91 Å². The van der Waals surface area contributed by atoms with Gasteiger partial charge in [-0.1, -0.05) is 0 Å². The maximum absolute atomic E-state index is 15.5. The number of carbonyl (C=O) groups is 2. The Kier molecular flexibility index (Phi) is 6.10. The zero-order valence-electron chi connectivity index (χ0n) is 18.7. The number of methoxy groups -OCH3 is 1. The average molecular weight is 471 g/mol. The van der Waals surface area contributed by atoms with Gasteiger partial charge in [0.15, 0.2) is 11.6 Å². The molecule has 1 aliphatic rings. The van der Waals surface area contributed by atoms with Gasteiger partial charge in [0.2, 0.25) is 5.75 Å². The molecule has 0 bridgehead atoms. The first-order valence-electron chi connectivity index (χ1n) is 10.4. The summed E-state index contributed by atoms with van der Waals surface area (Å²) in [7, 11) is 4.48. The molecule has 2 aromatic carbocycles. The highest BCUT2D eigenvalue weighted by molar-refractivity contribution is 6.01.